The van der Waals surface area contributed by atoms with Crippen LogP contribution in [-0.4, -0.2) is 48.9 Å². The molecule has 0 saturated heterocycles. The van der Waals surface area contributed by atoms with Crippen LogP contribution in [0, 0.1) is 18.8 Å². The Morgan fingerprint density at radius 3 is 2.45 bits per heavy atom. The van der Waals surface area contributed by atoms with Crippen LogP contribution in [0.15, 0.2) is 71.6 Å². The maximum absolute atomic E-state index is 13.8. The molecule has 1 N–H and O–H groups in total. The molecule has 38 heavy (non-hydrogen) atoms. The number of carboxylic acids is 1. The van der Waals surface area contributed by atoms with Crippen LogP contribution in [0.25, 0.3) is 0 Å². The Kier molecular flexibility index (Phi) is 8.07. The zero-order valence-electron chi connectivity index (χ0n) is 20.7. The number of carboxylic acid groups (broad SMARTS) is 1. The van der Waals surface area contributed by atoms with Crippen LogP contribution in [0.5, 0.6) is 5.75 Å². The Morgan fingerprint density at radius 1 is 1.08 bits per heavy atom. The minimum Gasteiger partial charge on any atom is -0.481 e. The number of nitrogens with zero attached hydrogens (tertiary/aromatic N) is 2. The third kappa shape index (κ3) is 5.38. The van der Waals surface area contributed by atoms with E-state index in [-0.39, 0.29) is 28.6 Å². The van der Waals surface area contributed by atoms with Gasteiger partial charge in [0, 0.05) is 12.2 Å². The Balaban J connectivity index is 1.76. The van der Waals surface area contributed by atoms with Gasteiger partial charge in [0.05, 0.1) is 22.0 Å². The van der Waals surface area contributed by atoms with Gasteiger partial charge in [0.1, 0.15) is 18.4 Å². The van der Waals surface area contributed by atoms with Gasteiger partial charge in [-0.3, -0.25) is 9.59 Å². The highest BCUT2D eigenvalue weighted by Crippen LogP contribution is 2.34. The summed E-state index contributed by atoms with van der Waals surface area (Å²) >= 11 is 6.36. The number of carbonyl (C=O) groups is 2. The molecule has 1 aliphatic rings. The number of aliphatic carboxylic acids is 1. The molecule has 3 aromatic carbocycles. The van der Waals surface area contributed by atoms with E-state index < -0.39 is 34.5 Å². The molecule has 10 heteroatoms. The van der Waals surface area contributed by atoms with Crippen LogP contribution in [0.3, 0.4) is 0 Å². The number of hydrogen-bond donors (Lipinski definition) is 1. The number of para-hydroxylation sites is 1. The average molecular weight is 553 g/mol. The summed E-state index contributed by atoms with van der Waals surface area (Å²) in [6, 6.07) is 15.9. The standard InChI is InChI=1S/C28H25ClN2O6S/c1-3-4-16-37-21-12-14-22(15-13-21)38(35,36)31-17-20-9-5-6-11-24(20)30(18-25(31)28(33)34)27(32)26-19(2)8-7-10-23(26)29/h5-15,25H,16-18H2,1-2H3,(H,33,34). The summed E-state index contributed by atoms with van der Waals surface area (Å²) in [6.07, 6.45) is 0. The van der Waals surface area contributed by atoms with Crippen molar-refractivity contribution >= 4 is 39.2 Å². The Hall–Kier alpha value is -3.84. The summed E-state index contributed by atoms with van der Waals surface area (Å²) in [7, 11) is -4.29. The average Bonchev–Trinajstić information content (AvgIpc) is 3.07. The lowest BCUT2D eigenvalue weighted by molar-refractivity contribution is -0.141. The first-order chi connectivity index (χ1) is 18.1. The van der Waals surface area contributed by atoms with Crippen molar-refractivity contribution in [3.63, 3.8) is 0 Å². The monoisotopic (exact) mass is 552 g/mol. The summed E-state index contributed by atoms with van der Waals surface area (Å²) in [5.74, 6) is 3.99. The maximum Gasteiger partial charge on any atom is 0.323 e. The van der Waals surface area contributed by atoms with Crippen LogP contribution >= 0.6 is 11.6 Å². The predicted octanol–water partition coefficient (Wildman–Crippen LogP) is 4.36. The number of amides is 1. The van der Waals surface area contributed by atoms with E-state index in [1.807, 2.05) is 0 Å². The number of carbonyl (C=O) groups excluding carboxylic acids is 1. The van der Waals surface area contributed by atoms with Gasteiger partial charge in [-0.1, -0.05) is 47.9 Å². The van der Waals surface area contributed by atoms with Gasteiger partial charge in [0.25, 0.3) is 5.91 Å². The largest absolute Gasteiger partial charge is 0.481 e. The molecule has 3 aromatic rings. The molecule has 1 aliphatic heterocycles. The first kappa shape index (κ1) is 27.2. The summed E-state index contributed by atoms with van der Waals surface area (Å²) in [4.78, 5) is 27.4. The second-order valence-electron chi connectivity index (χ2n) is 8.57. The molecular weight excluding hydrogens is 528 g/mol. The van der Waals surface area contributed by atoms with Crippen molar-refractivity contribution in [2.24, 2.45) is 0 Å². The molecule has 1 atom stereocenters. The number of hydrogen-bond acceptors (Lipinski definition) is 5. The summed E-state index contributed by atoms with van der Waals surface area (Å²) in [5, 5.41) is 10.4. The van der Waals surface area contributed by atoms with E-state index in [0.717, 1.165) is 4.31 Å². The molecule has 0 aliphatic carbocycles. The van der Waals surface area contributed by atoms with E-state index in [9.17, 15) is 23.1 Å². The topological polar surface area (TPSA) is 104 Å². The molecular formula is C28H25ClN2O6S. The van der Waals surface area contributed by atoms with Crippen molar-refractivity contribution in [1.29, 1.82) is 0 Å². The molecule has 0 fully saturated rings. The zero-order chi connectivity index (χ0) is 27.4. The van der Waals surface area contributed by atoms with E-state index in [0.29, 0.717) is 22.6 Å². The molecule has 0 radical (unpaired) electrons. The molecule has 1 amide bonds. The van der Waals surface area contributed by atoms with Crippen molar-refractivity contribution in [3.05, 3.63) is 88.4 Å². The lowest BCUT2D eigenvalue weighted by atomic mass is 10.1. The molecule has 4 rings (SSSR count). The summed E-state index contributed by atoms with van der Waals surface area (Å²) in [5.41, 5.74) is 1.75. The lowest BCUT2D eigenvalue weighted by Crippen LogP contribution is -2.50. The number of benzene rings is 3. The number of sulfonamides is 1. The number of halogens is 1. The van der Waals surface area contributed by atoms with E-state index in [2.05, 4.69) is 11.8 Å². The van der Waals surface area contributed by atoms with Crippen LogP contribution in [0.4, 0.5) is 5.69 Å². The third-order valence-corrected chi connectivity index (χ3v) is 8.38. The van der Waals surface area contributed by atoms with Gasteiger partial charge in [-0.25, -0.2) is 8.42 Å². The highest BCUT2D eigenvalue weighted by Gasteiger charge is 2.42. The smallest absolute Gasteiger partial charge is 0.323 e. The molecule has 0 saturated carbocycles. The third-order valence-electron chi connectivity index (χ3n) is 6.20. The molecule has 1 unspecified atom stereocenters. The van der Waals surface area contributed by atoms with E-state index in [1.54, 1.807) is 56.3 Å². The molecule has 1 heterocycles. The van der Waals surface area contributed by atoms with Crippen LogP contribution in [0.1, 0.15) is 28.4 Å². The number of anilines is 1. The van der Waals surface area contributed by atoms with Gasteiger partial charge in [0.15, 0.2) is 0 Å². The van der Waals surface area contributed by atoms with Crippen molar-refractivity contribution in [1.82, 2.24) is 4.31 Å². The number of rotatable bonds is 6. The highest BCUT2D eigenvalue weighted by molar-refractivity contribution is 7.89. The first-order valence-corrected chi connectivity index (χ1v) is 13.5. The fourth-order valence-corrected chi connectivity index (χ4v) is 6.12. The predicted molar refractivity (Wildman–Crippen MR) is 144 cm³/mol. The molecule has 0 aromatic heterocycles. The minimum absolute atomic E-state index is 0.100. The Morgan fingerprint density at radius 2 is 1.79 bits per heavy atom. The van der Waals surface area contributed by atoms with Gasteiger partial charge in [-0.05, 0) is 61.4 Å². The van der Waals surface area contributed by atoms with Gasteiger partial charge in [-0.15, -0.1) is 5.92 Å². The molecule has 0 spiro atoms. The normalized spacial score (nSPS) is 15.6. The Bertz CT molecular complexity index is 1520. The number of aryl methyl sites for hydroxylation is 1. The number of ether oxygens (including phenoxy) is 1. The SMILES string of the molecule is CC#CCOc1ccc(S(=O)(=O)N2Cc3ccccc3N(C(=O)c3c(C)cccc3Cl)CC2C(=O)O)cc1. The lowest BCUT2D eigenvalue weighted by Gasteiger charge is -2.29. The summed E-state index contributed by atoms with van der Waals surface area (Å²) < 4.78 is 33.9. The Labute approximate surface area is 226 Å². The van der Waals surface area contributed by atoms with Gasteiger partial charge in [0.2, 0.25) is 10.0 Å². The van der Waals surface area contributed by atoms with E-state index >= 15 is 0 Å². The molecule has 196 valence electrons. The fraction of sp³-hybridized carbons (Fsp3) is 0.214. The van der Waals surface area contributed by atoms with Crippen molar-refractivity contribution in [2.45, 2.75) is 31.3 Å². The maximum atomic E-state index is 13.8. The van der Waals surface area contributed by atoms with Gasteiger partial charge >= 0.3 is 5.97 Å². The number of fused-ring (bicyclic) bond motifs is 1. The fourth-order valence-electron chi connectivity index (χ4n) is 4.27. The first-order valence-electron chi connectivity index (χ1n) is 11.7. The molecule has 8 nitrogen and oxygen atoms in total. The highest BCUT2D eigenvalue weighted by atomic mass is 35.5. The van der Waals surface area contributed by atoms with Gasteiger partial charge in [-0.2, -0.15) is 4.31 Å². The van der Waals surface area contributed by atoms with Crippen LogP contribution in [-0.2, 0) is 21.4 Å². The van der Waals surface area contributed by atoms with Gasteiger partial charge < -0.3 is 14.7 Å². The second kappa shape index (κ2) is 11.3. The quantitative estimate of drug-likeness (QED) is 0.456. The molecule has 0 bridgehead atoms. The van der Waals surface area contributed by atoms with Crippen LogP contribution < -0.4 is 9.64 Å². The minimum atomic E-state index is -4.29. The van der Waals surface area contributed by atoms with Crippen molar-refractivity contribution in [3.8, 4) is 17.6 Å². The van der Waals surface area contributed by atoms with E-state index in [1.165, 1.54) is 29.2 Å². The zero-order valence-corrected chi connectivity index (χ0v) is 22.3. The van der Waals surface area contributed by atoms with Crippen molar-refractivity contribution in [2.75, 3.05) is 18.1 Å². The van der Waals surface area contributed by atoms with Crippen LogP contribution in [0.2, 0.25) is 5.02 Å². The summed E-state index contributed by atoms with van der Waals surface area (Å²) in [6.45, 7) is 2.91. The van der Waals surface area contributed by atoms with E-state index in [4.69, 9.17) is 16.3 Å². The van der Waals surface area contributed by atoms with Crippen molar-refractivity contribution < 1.29 is 27.9 Å². The second-order valence-corrected chi connectivity index (χ2v) is 10.9.